The van der Waals surface area contributed by atoms with E-state index in [0.717, 1.165) is 37.3 Å². The molecule has 1 aromatic carbocycles. The second kappa shape index (κ2) is 8.02. The highest BCUT2D eigenvalue weighted by Gasteiger charge is 2.28. The van der Waals surface area contributed by atoms with Crippen LogP contribution in [0.25, 0.3) is 0 Å². The van der Waals surface area contributed by atoms with Crippen molar-refractivity contribution in [1.29, 1.82) is 0 Å². The molecule has 1 atom stereocenters. The molecule has 0 aliphatic heterocycles. The van der Waals surface area contributed by atoms with Gasteiger partial charge >= 0.3 is 0 Å². The third-order valence-corrected chi connectivity index (χ3v) is 4.86. The first-order valence-electron chi connectivity index (χ1n) is 8.53. The summed E-state index contributed by atoms with van der Waals surface area (Å²) in [6.45, 7) is 8.58. The van der Waals surface area contributed by atoms with Crippen LogP contribution in [-0.2, 0) is 4.79 Å². The van der Waals surface area contributed by atoms with Crippen molar-refractivity contribution in [3.63, 3.8) is 0 Å². The molecule has 0 radical (unpaired) electrons. The zero-order valence-corrected chi connectivity index (χ0v) is 15.7. The molecular weight excluding hydrogens is 324 g/mol. The maximum atomic E-state index is 12.1. The van der Waals surface area contributed by atoms with Gasteiger partial charge in [0.2, 0.25) is 0 Å². The van der Waals surface area contributed by atoms with Gasteiger partial charge in [-0.2, -0.15) is 5.10 Å². The molecule has 1 aliphatic carbocycles. The predicted molar refractivity (Wildman–Crippen MR) is 98.5 cm³/mol. The zero-order chi connectivity index (χ0) is 17.7. The lowest BCUT2D eigenvalue weighted by molar-refractivity contribution is -0.127. The van der Waals surface area contributed by atoms with E-state index in [1.165, 1.54) is 0 Å². The molecule has 4 nitrogen and oxygen atoms in total. The van der Waals surface area contributed by atoms with Crippen LogP contribution in [-0.4, -0.2) is 17.7 Å². The fraction of sp³-hybridized carbons (Fsp3) is 0.579. The van der Waals surface area contributed by atoms with Crippen LogP contribution < -0.4 is 10.2 Å². The molecule has 0 spiro atoms. The number of hydrazone groups is 1. The van der Waals surface area contributed by atoms with Crippen molar-refractivity contribution < 1.29 is 9.53 Å². The highest BCUT2D eigenvalue weighted by Crippen LogP contribution is 2.36. The van der Waals surface area contributed by atoms with Crippen LogP contribution in [0.5, 0.6) is 5.75 Å². The molecule has 1 fully saturated rings. The number of hydrogen-bond acceptors (Lipinski definition) is 3. The van der Waals surface area contributed by atoms with E-state index in [1.807, 2.05) is 0 Å². The Hall–Kier alpha value is -1.55. The van der Waals surface area contributed by atoms with Crippen LogP contribution in [0.15, 0.2) is 29.4 Å². The molecule has 1 amide bonds. The number of rotatable bonds is 4. The molecule has 0 heterocycles. The van der Waals surface area contributed by atoms with Crippen molar-refractivity contribution in [3.8, 4) is 5.75 Å². The Bertz CT molecular complexity index is 580. The minimum Gasteiger partial charge on any atom is -0.481 e. The summed E-state index contributed by atoms with van der Waals surface area (Å²) in [7, 11) is 0. The van der Waals surface area contributed by atoms with Gasteiger partial charge in [0.15, 0.2) is 6.10 Å². The number of halogens is 1. The molecule has 5 heteroatoms. The molecule has 1 N–H and O–H groups in total. The summed E-state index contributed by atoms with van der Waals surface area (Å²) in [6, 6.07) is 6.95. The third kappa shape index (κ3) is 5.52. The largest absolute Gasteiger partial charge is 0.481 e. The number of carbonyl (C=O) groups is 1. The Morgan fingerprint density at radius 3 is 2.38 bits per heavy atom. The number of ether oxygens (including phenoxy) is 1. The molecule has 132 valence electrons. The van der Waals surface area contributed by atoms with Crippen LogP contribution in [0.4, 0.5) is 0 Å². The normalized spacial score (nSPS) is 19.5. The van der Waals surface area contributed by atoms with Crippen molar-refractivity contribution in [2.24, 2.45) is 16.4 Å². The summed E-state index contributed by atoms with van der Waals surface area (Å²) in [5, 5.41) is 4.93. The maximum Gasteiger partial charge on any atom is 0.280 e. The second-order valence-electron chi connectivity index (χ2n) is 7.51. The van der Waals surface area contributed by atoms with Crippen LogP contribution >= 0.6 is 11.6 Å². The van der Waals surface area contributed by atoms with Crippen LogP contribution in [0.3, 0.4) is 0 Å². The van der Waals surface area contributed by atoms with Gasteiger partial charge in [-0.05, 0) is 68.2 Å². The third-order valence-electron chi connectivity index (χ3n) is 4.61. The summed E-state index contributed by atoms with van der Waals surface area (Å²) in [6.07, 6.45) is 3.56. The van der Waals surface area contributed by atoms with E-state index in [0.29, 0.717) is 16.2 Å². The molecule has 1 aromatic rings. The van der Waals surface area contributed by atoms with Gasteiger partial charge in [0.25, 0.3) is 5.91 Å². The standard InChI is InChI=1S/C19H27ClN2O2/c1-13(24-17-11-7-15(20)8-12-17)18(23)22-21-16-9-5-14(6-10-16)19(2,3)4/h7-8,11-14H,5-6,9-10H2,1-4H3,(H,22,23)/t13-,14?/m1/s1. The molecule has 1 saturated carbocycles. The molecule has 0 bridgehead atoms. The van der Waals surface area contributed by atoms with Gasteiger partial charge in [0, 0.05) is 10.7 Å². The summed E-state index contributed by atoms with van der Waals surface area (Å²) in [5.74, 6) is 1.09. The Morgan fingerprint density at radius 2 is 1.83 bits per heavy atom. The monoisotopic (exact) mass is 350 g/mol. The lowest BCUT2D eigenvalue weighted by atomic mass is 9.72. The topological polar surface area (TPSA) is 50.7 Å². The number of amides is 1. The van der Waals surface area contributed by atoms with Crippen molar-refractivity contribution in [2.75, 3.05) is 0 Å². The van der Waals surface area contributed by atoms with Gasteiger partial charge in [0.1, 0.15) is 5.75 Å². The van der Waals surface area contributed by atoms with Crippen LogP contribution in [0.2, 0.25) is 5.02 Å². The van der Waals surface area contributed by atoms with E-state index in [9.17, 15) is 4.79 Å². The molecule has 1 aliphatic rings. The van der Waals surface area contributed by atoms with Crippen molar-refractivity contribution in [1.82, 2.24) is 5.43 Å². The number of nitrogens with zero attached hydrogens (tertiary/aromatic N) is 1. The summed E-state index contributed by atoms with van der Waals surface area (Å²) in [4.78, 5) is 12.1. The molecule has 2 rings (SSSR count). The highest BCUT2D eigenvalue weighted by molar-refractivity contribution is 6.30. The van der Waals surface area contributed by atoms with Gasteiger partial charge in [-0.25, -0.2) is 5.43 Å². The fourth-order valence-electron chi connectivity index (χ4n) is 2.92. The van der Waals surface area contributed by atoms with Crippen molar-refractivity contribution in [2.45, 2.75) is 59.5 Å². The molecule has 0 saturated heterocycles. The maximum absolute atomic E-state index is 12.1. The molecule has 24 heavy (non-hydrogen) atoms. The predicted octanol–water partition coefficient (Wildman–Crippen LogP) is 4.82. The lowest BCUT2D eigenvalue weighted by Crippen LogP contribution is -2.34. The summed E-state index contributed by atoms with van der Waals surface area (Å²) in [5.41, 5.74) is 4.05. The fourth-order valence-corrected chi connectivity index (χ4v) is 3.05. The van der Waals surface area contributed by atoms with Gasteiger partial charge in [0.05, 0.1) is 0 Å². The quantitative estimate of drug-likeness (QED) is 0.792. The Kier molecular flexibility index (Phi) is 6.27. The Labute approximate surface area is 149 Å². The van der Waals surface area contributed by atoms with Gasteiger partial charge in [-0.1, -0.05) is 32.4 Å². The zero-order valence-electron chi connectivity index (χ0n) is 14.9. The smallest absolute Gasteiger partial charge is 0.280 e. The minimum absolute atomic E-state index is 0.240. The van der Waals surface area contributed by atoms with E-state index in [1.54, 1.807) is 31.2 Å². The molecule has 0 aromatic heterocycles. The first kappa shape index (κ1) is 18.8. The van der Waals surface area contributed by atoms with Gasteiger partial charge in [-0.15, -0.1) is 0 Å². The average Bonchev–Trinajstić information content (AvgIpc) is 2.54. The number of nitrogens with one attached hydrogen (secondary N) is 1. The van der Waals surface area contributed by atoms with Gasteiger partial charge < -0.3 is 4.74 Å². The number of hydrogen-bond donors (Lipinski definition) is 1. The average molecular weight is 351 g/mol. The lowest BCUT2D eigenvalue weighted by Gasteiger charge is -2.34. The van der Waals surface area contributed by atoms with Crippen LogP contribution in [0, 0.1) is 11.3 Å². The van der Waals surface area contributed by atoms with E-state index in [4.69, 9.17) is 16.3 Å². The Balaban J connectivity index is 1.81. The summed E-state index contributed by atoms with van der Waals surface area (Å²) >= 11 is 5.83. The minimum atomic E-state index is -0.610. The van der Waals surface area contributed by atoms with E-state index >= 15 is 0 Å². The Morgan fingerprint density at radius 1 is 1.25 bits per heavy atom. The highest BCUT2D eigenvalue weighted by atomic mass is 35.5. The number of carbonyl (C=O) groups excluding carboxylic acids is 1. The SMILES string of the molecule is C[C@@H](Oc1ccc(Cl)cc1)C(=O)NN=C1CCC(C(C)(C)C)CC1. The van der Waals surface area contributed by atoms with E-state index < -0.39 is 6.10 Å². The molecular formula is C19H27ClN2O2. The van der Waals surface area contributed by atoms with E-state index in [-0.39, 0.29) is 5.91 Å². The number of benzene rings is 1. The molecule has 0 unspecified atom stereocenters. The second-order valence-corrected chi connectivity index (χ2v) is 7.94. The van der Waals surface area contributed by atoms with Crippen molar-refractivity contribution >= 4 is 23.2 Å². The van der Waals surface area contributed by atoms with E-state index in [2.05, 4.69) is 31.3 Å². The van der Waals surface area contributed by atoms with Gasteiger partial charge in [-0.3, -0.25) is 4.79 Å². The first-order valence-corrected chi connectivity index (χ1v) is 8.91. The van der Waals surface area contributed by atoms with Crippen LogP contribution in [0.1, 0.15) is 53.4 Å². The summed E-state index contributed by atoms with van der Waals surface area (Å²) < 4.78 is 5.59. The first-order chi connectivity index (χ1) is 11.3. The van der Waals surface area contributed by atoms with Crippen molar-refractivity contribution in [3.05, 3.63) is 29.3 Å².